The monoisotopic (exact) mass is 200 g/mol. The molecule has 0 amide bonds. The van der Waals surface area contributed by atoms with Crippen molar-refractivity contribution in [2.24, 2.45) is 0 Å². The molecule has 0 aliphatic heterocycles. The first-order valence-corrected chi connectivity index (χ1v) is 5.63. The minimum Gasteiger partial charge on any atom is -0.810 e. The van der Waals surface area contributed by atoms with E-state index < -0.39 is 20.1 Å². The number of hydrogen-bond acceptors (Lipinski definition) is 6. The zero-order valence-electron chi connectivity index (χ0n) is 5.84. The van der Waals surface area contributed by atoms with Crippen LogP contribution in [0.1, 0.15) is 13.8 Å². The van der Waals surface area contributed by atoms with Crippen molar-refractivity contribution < 1.29 is 28.7 Å². The SMILES string of the molecule is CC(C)(P(=O)([O-])[O-])P(=O)([O-])[O-]. The molecule has 0 N–H and O–H groups in total. The topological polar surface area (TPSA) is 126 Å². The van der Waals surface area contributed by atoms with Crippen molar-refractivity contribution in [2.75, 3.05) is 0 Å². The molecule has 0 heterocycles. The normalized spacial score (nSPS) is 15.1. The molecule has 0 unspecified atom stereocenters. The van der Waals surface area contributed by atoms with E-state index in [0.29, 0.717) is 13.8 Å². The van der Waals surface area contributed by atoms with Crippen LogP contribution < -0.4 is 19.6 Å². The highest BCUT2D eigenvalue weighted by atomic mass is 31.2. The maximum absolute atomic E-state index is 10.2. The van der Waals surface area contributed by atoms with Gasteiger partial charge in [-0.2, -0.15) is 0 Å². The third-order valence-electron chi connectivity index (χ3n) is 1.34. The molecule has 0 aromatic rings. The van der Waals surface area contributed by atoms with Crippen molar-refractivity contribution in [2.45, 2.75) is 18.7 Å². The van der Waals surface area contributed by atoms with Gasteiger partial charge in [-0.1, -0.05) is 29.0 Å². The van der Waals surface area contributed by atoms with Gasteiger partial charge in [-0.05, 0) is 0 Å². The lowest BCUT2D eigenvalue weighted by Gasteiger charge is -2.55. The fraction of sp³-hybridized carbons (Fsp3) is 1.00. The van der Waals surface area contributed by atoms with Crippen molar-refractivity contribution >= 4 is 15.2 Å². The van der Waals surface area contributed by atoms with E-state index in [-0.39, 0.29) is 0 Å². The maximum atomic E-state index is 10.2. The van der Waals surface area contributed by atoms with Crippen LogP contribution in [-0.2, 0) is 9.13 Å². The van der Waals surface area contributed by atoms with Crippen LogP contribution in [0.4, 0.5) is 0 Å². The van der Waals surface area contributed by atoms with Crippen LogP contribution in [0.2, 0.25) is 0 Å². The van der Waals surface area contributed by atoms with E-state index in [2.05, 4.69) is 0 Å². The Balaban J connectivity index is 5.08. The smallest absolute Gasteiger partial charge is 0.0200 e. The van der Waals surface area contributed by atoms with Gasteiger partial charge in [0.1, 0.15) is 0 Å². The van der Waals surface area contributed by atoms with Gasteiger partial charge in [0.2, 0.25) is 0 Å². The van der Waals surface area contributed by atoms with E-state index in [0.717, 1.165) is 0 Å². The molecule has 0 atom stereocenters. The summed E-state index contributed by atoms with van der Waals surface area (Å²) >= 11 is 0. The molecule has 0 aliphatic carbocycles. The number of rotatable bonds is 2. The third kappa shape index (κ3) is 2.12. The van der Waals surface area contributed by atoms with Gasteiger partial charge in [0.25, 0.3) is 0 Å². The van der Waals surface area contributed by atoms with Gasteiger partial charge in [0.15, 0.2) is 0 Å². The molecule has 0 saturated carbocycles. The summed E-state index contributed by atoms with van der Waals surface area (Å²) in [5.41, 5.74) is 0. The Morgan fingerprint density at radius 1 is 0.909 bits per heavy atom. The summed E-state index contributed by atoms with van der Waals surface area (Å²) in [5.74, 6) is 0. The molecule has 0 aromatic heterocycles. The molecule has 0 radical (unpaired) electrons. The van der Waals surface area contributed by atoms with Gasteiger partial charge in [-0.25, -0.2) is 0 Å². The van der Waals surface area contributed by atoms with Gasteiger partial charge < -0.3 is 28.7 Å². The van der Waals surface area contributed by atoms with Gasteiger partial charge in [0, 0.05) is 4.90 Å². The fourth-order valence-electron chi connectivity index (χ4n) is 0.150. The van der Waals surface area contributed by atoms with Crippen molar-refractivity contribution in [1.82, 2.24) is 0 Å². The minimum absolute atomic E-state index is 0.578. The van der Waals surface area contributed by atoms with Gasteiger partial charge in [0.05, 0.1) is 0 Å². The summed E-state index contributed by atoms with van der Waals surface area (Å²) in [4.78, 5) is 38.1. The van der Waals surface area contributed by atoms with Crippen LogP contribution in [0.25, 0.3) is 0 Å². The highest BCUT2D eigenvalue weighted by Crippen LogP contribution is 2.59. The lowest BCUT2D eigenvalue weighted by atomic mass is 10.5. The summed E-state index contributed by atoms with van der Waals surface area (Å²) in [6, 6.07) is 0. The summed E-state index contributed by atoms with van der Waals surface area (Å²) < 4.78 is 20.4. The van der Waals surface area contributed by atoms with Crippen LogP contribution >= 0.6 is 15.2 Å². The molecular weight excluding hydrogens is 194 g/mol. The van der Waals surface area contributed by atoms with Crippen molar-refractivity contribution in [3.63, 3.8) is 0 Å². The third-order valence-corrected chi connectivity index (χ3v) is 5.49. The Kier molecular flexibility index (Phi) is 2.73. The van der Waals surface area contributed by atoms with Crippen LogP contribution in [0, 0.1) is 0 Å². The number of hydrogen-bond donors (Lipinski definition) is 0. The summed E-state index contributed by atoms with van der Waals surface area (Å²) in [6.07, 6.45) is 0. The van der Waals surface area contributed by atoms with Crippen LogP contribution in [0.3, 0.4) is 0 Å². The largest absolute Gasteiger partial charge is 0.810 e. The molecular formula is C3H6O6P2-4. The van der Waals surface area contributed by atoms with E-state index in [4.69, 9.17) is 0 Å². The maximum Gasteiger partial charge on any atom is 0.0200 e. The second kappa shape index (κ2) is 2.66. The van der Waals surface area contributed by atoms with E-state index in [9.17, 15) is 28.7 Å². The molecule has 68 valence electrons. The average Bonchev–Trinajstić information content (AvgIpc) is 1.58. The molecule has 0 rings (SSSR count). The first-order valence-electron chi connectivity index (χ1n) is 2.54. The Morgan fingerprint density at radius 2 is 1.09 bits per heavy atom. The van der Waals surface area contributed by atoms with Crippen LogP contribution in [0.15, 0.2) is 0 Å². The lowest BCUT2D eigenvalue weighted by Crippen LogP contribution is -2.41. The Hall–Kier alpha value is 0.300. The molecule has 11 heavy (non-hydrogen) atoms. The average molecular weight is 200 g/mol. The van der Waals surface area contributed by atoms with Crippen molar-refractivity contribution in [1.29, 1.82) is 0 Å². The van der Waals surface area contributed by atoms with Crippen molar-refractivity contribution in [3.8, 4) is 0 Å². The van der Waals surface area contributed by atoms with Gasteiger partial charge in [-0.15, -0.1) is 0 Å². The quantitative estimate of drug-likeness (QED) is 0.455. The first-order chi connectivity index (χ1) is 4.50. The fourth-order valence-corrected chi connectivity index (χ4v) is 1.35. The Morgan fingerprint density at radius 3 is 1.09 bits per heavy atom. The molecule has 0 bridgehead atoms. The predicted molar refractivity (Wildman–Crippen MR) is 29.3 cm³/mol. The molecule has 0 aromatic carbocycles. The second-order valence-corrected chi connectivity index (χ2v) is 7.07. The van der Waals surface area contributed by atoms with E-state index in [1.54, 1.807) is 0 Å². The van der Waals surface area contributed by atoms with E-state index in [1.807, 2.05) is 0 Å². The first kappa shape index (κ1) is 11.3. The Bertz CT molecular complexity index is 208. The predicted octanol–water partition coefficient (Wildman–Crippen LogP) is -2.45. The summed E-state index contributed by atoms with van der Waals surface area (Å²) in [5, 5.41) is 0. The molecule has 6 nitrogen and oxygen atoms in total. The molecule has 0 aliphatic rings. The van der Waals surface area contributed by atoms with Crippen LogP contribution in [-0.4, -0.2) is 4.90 Å². The van der Waals surface area contributed by atoms with E-state index in [1.165, 1.54) is 0 Å². The molecule has 8 heteroatoms. The highest BCUT2D eigenvalue weighted by molar-refractivity contribution is 7.69. The highest BCUT2D eigenvalue weighted by Gasteiger charge is 2.26. The van der Waals surface area contributed by atoms with E-state index >= 15 is 0 Å². The molecule has 0 spiro atoms. The standard InChI is InChI=1S/C3H10O6P2/c1-3(2,10(4,5)6)11(7,8)9/h1-2H3,(H2,4,5,6)(H2,7,8,9)/p-4. The van der Waals surface area contributed by atoms with Crippen LogP contribution in [0.5, 0.6) is 0 Å². The summed E-state index contributed by atoms with van der Waals surface area (Å²) in [6.45, 7) is 1.16. The van der Waals surface area contributed by atoms with Crippen molar-refractivity contribution in [3.05, 3.63) is 0 Å². The Labute approximate surface area is 63.6 Å². The summed E-state index contributed by atoms with van der Waals surface area (Å²) in [7, 11) is -10.8. The minimum atomic E-state index is -5.38. The van der Waals surface area contributed by atoms with Gasteiger partial charge >= 0.3 is 0 Å². The zero-order chi connectivity index (χ0) is 9.50. The van der Waals surface area contributed by atoms with Gasteiger partial charge in [-0.3, -0.25) is 0 Å². The molecule has 0 saturated heterocycles. The second-order valence-electron chi connectivity index (χ2n) is 2.49. The zero-order valence-corrected chi connectivity index (χ0v) is 7.63. The lowest BCUT2D eigenvalue weighted by molar-refractivity contribution is -0.334. The molecule has 0 fully saturated rings.